The Balaban J connectivity index is 1.62. The van der Waals surface area contributed by atoms with Crippen LogP contribution in [0.1, 0.15) is 35.4 Å². The molecule has 2 heterocycles. The second-order valence-corrected chi connectivity index (χ2v) is 10.2. The average Bonchev–Trinajstić information content (AvgIpc) is 3.33. The van der Waals surface area contributed by atoms with Crippen molar-refractivity contribution < 1.29 is 22.7 Å². The Kier molecular flexibility index (Phi) is 6.51. The van der Waals surface area contributed by atoms with Gasteiger partial charge in [0.1, 0.15) is 4.21 Å². The first-order chi connectivity index (χ1) is 12.9. The molecule has 2 amide bonds. The monoisotopic (exact) mass is 415 g/mol. The van der Waals surface area contributed by atoms with Gasteiger partial charge < -0.3 is 15.0 Å². The van der Waals surface area contributed by atoms with Gasteiger partial charge in [0.15, 0.2) is 0 Å². The van der Waals surface area contributed by atoms with Crippen molar-refractivity contribution in [3.05, 3.63) is 17.0 Å². The third-order valence-corrected chi connectivity index (χ3v) is 8.19. The largest absolute Gasteiger partial charge is 0.378 e. The minimum absolute atomic E-state index is 0.0651. The Morgan fingerprint density at radius 3 is 2.59 bits per heavy atom. The molecule has 0 unspecified atom stereocenters. The van der Waals surface area contributed by atoms with Crippen LogP contribution in [0.25, 0.3) is 0 Å². The fourth-order valence-electron chi connectivity index (χ4n) is 3.28. The number of amides is 2. The quantitative estimate of drug-likeness (QED) is 0.745. The SMILES string of the molecule is CN(CC(=O)NC1CCCC1)S(=O)(=O)c1ccc(C(=O)N2CCOCC2)s1. The number of carbonyl (C=O) groups is 2. The van der Waals surface area contributed by atoms with Gasteiger partial charge in [-0.3, -0.25) is 9.59 Å². The minimum Gasteiger partial charge on any atom is -0.378 e. The molecule has 1 saturated carbocycles. The lowest BCUT2D eigenvalue weighted by Gasteiger charge is -2.26. The number of likely N-dealkylation sites (N-methyl/N-ethyl adjacent to an activating group) is 1. The van der Waals surface area contributed by atoms with E-state index in [1.807, 2.05) is 0 Å². The van der Waals surface area contributed by atoms with Gasteiger partial charge >= 0.3 is 0 Å². The van der Waals surface area contributed by atoms with E-state index in [2.05, 4.69) is 5.32 Å². The number of ether oxygens (including phenoxy) is 1. The van der Waals surface area contributed by atoms with Crippen LogP contribution in [0.2, 0.25) is 0 Å². The van der Waals surface area contributed by atoms with E-state index >= 15 is 0 Å². The molecule has 150 valence electrons. The predicted octanol–water partition coefficient (Wildman–Crippen LogP) is 0.900. The van der Waals surface area contributed by atoms with Crippen molar-refractivity contribution in [1.29, 1.82) is 0 Å². The van der Waals surface area contributed by atoms with Crippen molar-refractivity contribution in [2.24, 2.45) is 0 Å². The topological polar surface area (TPSA) is 96.0 Å². The highest BCUT2D eigenvalue weighted by Crippen LogP contribution is 2.25. The third-order valence-electron chi connectivity index (χ3n) is 4.84. The van der Waals surface area contributed by atoms with Crippen molar-refractivity contribution in [1.82, 2.24) is 14.5 Å². The van der Waals surface area contributed by atoms with Gasteiger partial charge in [0.2, 0.25) is 5.91 Å². The summed E-state index contributed by atoms with van der Waals surface area (Å²) in [5.74, 6) is -0.486. The summed E-state index contributed by atoms with van der Waals surface area (Å²) in [4.78, 5) is 26.6. The highest BCUT2D eigenvalue weighted by Gasteiger charge is 2.28. The van der Waals surface area contributed by atoms with Crippen LogP contribution in [0.15, 0.2) is 16.3 Å². The van der Waals surface area contributed by atoms with Crippen LogP contribution in [0.4, 0.5) is 0 Å². The zero-order chi connectivity index (χ0) is 19.4. The van der Waals surface area contributed by atoms with Gasteiger partial charge in [-0.15, -0.1) is 11.3 Å². The number of rotatable bonds is 6. The van der Waals surface area contributed by atoms with Crippen LogP contribution in [-0.2, 0) is 19.6 Å². The first-order valence-electron chi connectivity index (χ1n) is 9.10. The van der Waals surface area contributed by atoms with E-state index in [4.69, 9.17) is 4.74 Å². The van der Waals surface area contributed by atoms with E-state index < -0.39 is 10.0 Å². The Labute approximate surface area is 163 Å². The lowest BCUT2D eigenvalue weighted by molar-refractivity contribution is -0.121. The van der Waals surface area contributed by atoms with Gasteiger partial charge in [0.25, 0.3) is 15.9 Å². The second-order valence-electron chi connectivity index (χ2n) is 6.83. The number of hydrogen-bond acceptors (Lipinski definition) is 6. The fraction of sp³-hybridized carbons (Fsp3) is 0.647. The number of hydrogen-bond donors (Lipinski definition) is 1. The van der Waals surface area contributed by atoms with E-state index in [9.17, 15) is 18.0 Å². The van der Waals surface area contributed by atoms with Gasteiger partial charge in [-0.2, -0.15) is 4.31 Å². The number of nitrogens with zero attached hydrogens (tertiary/aromatic N) is 2. The van der Waals surface area contributed by atoms with E-state index in [1.165, 1.54) is 19.2 Å². The summed E-state index contributed by atoms with van der Waals surface area (Å²) in [5, 5.41) is 2.89. The number of morpholine rings is 1. The summed E-state index contributed by atoms with van der Waals surface area (Å²) >= 11 is 0.937. The average molecular weight is 416 g/mol. The molecule has 1 aliphatic heterocycles. The number of nitrogens with one attached hydrogen (secondary N) is 1. The molecule has 8 nitrogen and oxygen atoms in total. The molecule has 1 saturated heterocycles. The van der Waals surface area contributed by atoms with Gasteiger partial charge in [-0.05, 0) is 25.0 Å². The van der Waals surface area contributed by atoms with Crippen molar-refractivity contribution in [3.63, 3.8) is 0 Å². The summed E-state index contributed by atoms with van der Waals surface area (Å²) in [5.41, 5.74) is 0. The molecule has 10 heteroatoms. The molecule has 27 heavy (non-hydrogen) atoms. The van der Waals surface area contributed by atoms with E-state index in [0.717, 1.165) is 41.3 Å². The first kappa shape index (κ1) is 20.2. The lowest BCUT2D eigenvalue weighted by Crippen LogP contribution is -2.41. The summed E-state index contributed by atoms with van der Waals surface area (Å²) in [6.07, 6.45) is 4.07. The van der Waals surface area contributed by atoms with Crippen LogP contribution in [0, 0.1) is 0 Å². The molecule has 0 bridgehead atoms. The van der Waals surface area contributed by atoms with Crippen molar-refractivity contribution in [3.8, 4) is 0 Å². The predicted molar refractivity (Wildman–Crippen MR) is 101 cm³/mol. The Morgan fingerprint density at radius 2 is 1.93 bits per heavy atom. The molecule has 0 spiro atoms. The maximum Gasteiger partial charge on any atom is 0.264 e. The molecule has 1 aromatic rings. The molecule has 0 radical (unpaired) electrons. The van der Waals surface area contributed by atoms with E-state index in [-0.39, 0.29) is 28.6 Å². The summed E-state index contributed by atoms with van der Waals surface area (Å²) in [7, 11) is -2.43. The smallest absolute Gasteiger partial charge is 0.264 e. The van der Waals surface area contributed by atoms with Crippen molar-refractivity contribution >= 4 is 33.2 Å². The summed E-state index contributed by atoms with van der Waals surface area (Å²) in [6, 6.07) is 3.11. The second kappa shape index (κ2) is 8.68. The molecular weight excluding hydrogens is 390 g/mol. The number of sulfonamides is 1. The standard InChI is InChI=1S/C17H25N3O5S2/c1-19(12-15(21)18-13-4-2-3-5-13)27(23,24)16-7-6-14(26-16)17(22)20-8-10-25-11-9-20/h6-7,13H,2-5,8-12H2,1H3,(H,18,21). The maximum absolute atomic E-state index is 12.7. The summed E-state index contributed by atoms with van der Waals surface area (Å²) in [6.45, 7) is 1.74. The maximum atomic E-state index is 12.7. The number of thiophene rings is 1. The molecule has 0 atom stereocenters. The number of carbonyl (C=O) groups excluding carboxylic acids is 2. The third kappa shape index (κ3) is 4.87. The van der Waals surface area contributed by atoms with E-state index in [1.54, 1.807) is 4.90 Å². The minimum atomic E-state index is -3.82. The highest BCUT2D eigenvalue weighted by molar-refractivity contribution is 7.91. The highest BCUT2D eigenvalue weighted by atomic mass is 32.2. The Bertz CT molecular complexity index is 780. The van der Waals surface area contributed by atoms with Crippen LogP contribution >= 0.6 is 11.3 Å². The van der Waals surface area contributed by atoms with Crippen LogP contribution in [-0.4, -0.2) is 75.4 Å². The van der Waals surface area contributed by atoms with Gasteiger partial charge in [-0.25, -0.2) is 8.42 Å². The van der Waals surface area contributed by atoms with Gasteiger partial charge in [0, 0.05) is 26.2 Å². The fourth-order valence-corrected chi connectivity index (χ4v) is 5.89. The van der Waals surface area contributed by atoms with Crippen molar-refractivity contribution in [2.75, 3.05) is 39.9 Å². The summed E-state index contributed by atoms with van der Waals surface area (Å²) < 4.78 is 31.8. The normalized spacial score (nSPS) is 18.8. The zero-order valence-electron chi connectivity index (χ0n) is 15.3. The molecule has 2 fully saturated rings. The Hall–Kier alpha value is -1.49. The molecule has 2 aliphatic rings. The van der Waals surface area contributed by atoms with Gasteiger partial charge in [0.05, 0.1) is 24.6 Å². The van der Waals surface area contributed by atoms with Crippen molar-refractivity contribution in [2.45, 2.75) is 35.9 Å². The van der Waals surface area contributed by atoms with Gasteiger partial charge in [-0.1, -0.05) is 12.8 Å². The van der Waals surface area contributed by atoms with Crippen LogP contribution in [0.5, 0.6) is 0 Å². The molecule has 1 aliphatic carbocycles. The molecule has 1 aromatic heterocycles. The molecule has 1 N–H and O–H groups in total. The molecule has 0 aromatic carbocycles. The Morgan fingerprint density at radius 1 is 1.26 bits per heavy atom. The first-order valence-corrected chi connectivity index (χ1v) is 11.4. The zero-order valence-corrected chi connectivity index (χ0v) is 17.0. The van der Waals surface area contributed by atoms with E-state index in [0.29, 0.717) is 31.2 Å². The molecule has 3 rings (SSSR count). The van der Waals surface area contributed by atoms with Crippen LogP contribution in [0.3, 0.4) is 0 Å². The molecular formula is C17H25N3O5S2. The lowest BCUT2D eigenvalue weighted by atomic mass is 10.2. The van der Waals surface area contributed by atoms with Crippen LogP contribution < -0.4 is 5.32 Å².